The van der Waals surface area contributed by atoms with E-state index in [2.05, 4.69) is 0 Å². The molecule has 0 radical (unpaired) electrons. The molecular weight excluding hydrogens is 275 g/mol. The van der Waals surface area contributed by atoms with Crippen molar-refractivity contribution in [3.05, 3.63) is 23.8 Å². The van der Waals surface area contributed by atoms with Gasteiger partial charge < -0.3 is 9.47 Å². The van der Waals surface area contributed by atoms with E-state index in [9.17, 15) is 26.7 Å². The predicted molar refractivity (Wildman–Crippen MR) is 54.9 cm³/mol. The number of Topliss-reactive ketones (excluding diaryl/α,β-unsaturated/α-hetero) is 1. The summed E-state index contributed by atoms with van der Waals surface area (Å²) < 4.78 is 71.5. The van der Waals surface area contributed by atoms with Gasteiger partial charge >= 0.3 is 12.1 Å². The van der Waals surface area contributed by atoms with Crippen LogP contribution in [0.25, 0.3) is 0 Å². The molecule has 3 nitrogen and oxygen atoms in total. The van der Waals surface area contributed by atoms with Crippen LogP contribution < -0.4 is 9.47 Å². The maximum atomic E-state index is 12.9. The summed E-state index contributed by atoms with van der Waals surface area (Å²) in [5.41, 5.74) is -0.819. The molecule has 1 aromatic carbocycles. The van der Waals surface area contributed by atoms with Crippen LogP contribution in [0.3, 0.4) is 0 Å². The Balaban J connectivity index is 3.21. The number of hydrogen-bond donors (Lipinski definition) is 0. The third-order valence-electron chi connectivity index (χ3n) is 2.29. The first-order valence-corrected chi connectivity index (χ1v) is 4.86. The SMILES string of the molecule is COc1ccc(C(=O)C(F)(F)C(F)(F)F)cc1OC. The van der Waals surface area contributed by atoms with Crippen LogP contribution in [0.1, 0.15) is 10.4 Å². The zero-order valence-corrected chi connectivity index (χ0v) is 9.85. The monoisotopic (exact) mass is 284 g/mol. The van der Waals surface area contributed by atoms with Gasteiger partial charge in [-0.1, -0.05) is 0 Å². The molecule has 0 atom stereocenters. The van der Waals surface area contributed by atoms with E-state index in [0.717, 1.165) is 25.3 Å². The summed E-state index contributed by atoms with van der Waals surface area (Å²) in [6, 6.07) is 2.64. The maximum absolute atomic E-state index is 12.9. The van der Waals surface area contributed by atoms with Gasteiger partial charge in [-0.2, -0.15) is 22.0 Å². The minimum atomic E-state index is -5.95. The molecule has 0 heterocycles. The van der Waals surface area contributed by atoms with E-state index in [1.165, 1.54) is 7.11 Å². The Labute approximate surface area is 104 Å². The van der Waals surface area contributed by atoms with Gasteiger partial charge in [-0.25, -0.2) is 0 Å². The average molecular weight is 284 g/mol. The number of ether oxygens (including phenoxy) is 2. The standard InChI is InChI=1S/C11H9F5O3/c1-18-7-4-3-6(5-8(7)19-2)9(17)10(12,13)11(14,15)16/h3-5H,1-2H3. The zero-order chi connectivity index (χ0) is 14.8. The van der Waals surface area contributed by atoms with Crippen molar-refractivity contribution >= 4 is 5.78 Å². The topological polar surface area (TPSA) is 35.5 Å². The second-order valence-electron chi connectivity index (χ2n) is 3.47. The van der Waals surface area contributed by atoms with E-state index in [0.29, 0.717) is 0 Å². The highest BCUT2D eigenvalue weighted by Gasteiger charge is 2.63. The van der Waals surface area contributed by atoms with Gasteiger partial charge in [-0.05, 0) is 18.2 Å². The second kappa shape index (κ2) is 5.02. The van der Waals surface area contributed by atoms with Crippen LogP contribution in [0.15, 0.2) is 18.2 Å². The number of carbonyl (C=O) groups excluding carboxylic acids is 1. The predicted octanol–water partition coefficient (Wildman–Crippen LogP) is 3.08. The van der Waals surface area contributed by atoms with Crippen molar-refractivity contribution < 1.29 is 36.2 Å². The largest absolute Gasteiger partial charge is 0.493 e. The lowest BCUT2D eigenvalue weighted by Crippen LogP contribution is -2.44. The quantitative estimate of drug-likeness (QED) is 0.629. The van der Waals surface area contributed by atoms with Crippen LogP contribution in [0.2, 0.25) is 0 Å². The fourth-order valence-corrected chi connectivity index (χ4v) is 1.29. The molecule has 0 saturated heterocycles. The summed E-state index contributed by atoms with van der Waals surface area (Å²) in [4.78, 5) is 11.2. The summed E-state index contributed by atoms with van der Waals surface area (Å²) >= 11 is 0. The molecule has 0 N–H and O–H groups in total. The summed E-state index contributed by atoms with van der Waals surface area (Å²) in [6.07, 6.45) is -5.95. The third kappa shape index (κ3) is 2.77. The molecular formula is C11H9F5O3. The van der Waals surface area contributed by atoms with Crippen molar-refractivity contribution in [3.63, 3.8) is 0 Å². The second-order valence-corrected chi connectivity index (χ2v) is 3.47. The highest BCUT2D eigenvalue weighted by Crippen LogP contribution is 2.39. The van der Waals surface area contributed by atoms with Crippen LogP contribution in [0, 0.1) is 0 Å². The number of carbonyl (C=O) groups is 1. The van der Waals surface area contributed by atoms with Crippen molar-refractivity contribution in [1.82, 2.24) is 0 Å². The molecule has 0 saturated carbocycles. The van der Waals surface area contributed by atoms with Gasteiger partial charge in [0.25, 0.3) is 0 Å². The first-order chi connectivity index (χ1) is 8.65. The van der Waals surface area contributed by atoms with Gasteiger partial charge in [0, 0.05) is 5.56 Å². The summed E-state index contributed by atoms with van der Waals surface area (Å²) in [5, 5.41) is 0. The maximum Gasteiger partial charge on any atom is 0.461 e. The average Bonchev–Trinajstić information content (AvgIpc) is 2.35. The van der Waals surface area contributed by atoms with E-state index >= 15 is 0 Å². The van der Waals surface area contributed by atoms with Crippen LogP contribution in [0.5, 0.6) is 11.5 Å². The Bertz CT molecular complexity index is 482. The molecule has 0 amide bonds. The van der Waals surface area contributed by atoms with Crippen molar-refractivity contribution in [2.75, 3.05) is 14.2 Å². The number of alkyl halides is 5. The molecule has 0 aliphatic carbocycles. The van der Waals surface area contributed by atoms with Crippen molar-refractivity contribution in [2.24, 2.45) is 0 Å². The van der Waals surface area contributed by atoms with Crippen molar-refractivity contribution in [2.45, 2.75) is 12.1 Å². The molecule has 19 heavy (non-hydrogen) atoms. The Morgan fingerprint density at radius 1 is 1.00 bits per heavy atom. The summed E-state index contributed by atoms with van der Waals surface area (Å²) in [7, 11) is 2.41. The van der Waals surface area contributed by atoms with Crippen LogP contribution in [0.4, 0.5) is 22.0 Å². The Kier molecular flexibility index (Phi) is 4.02. The van der Waals surface area contributed by atoms with E-state index < -0.39 is 23.4 Å². The van der Waals surface area contributed by atoms with Gasteiger partial charge in [-0.3, -0.25) is 4.79 Å². The molecule has 8 heteroatoms. The molecule has 0 spiro atoms. The lowest BCUT2D eigenvalue weighted by molar-refractivity contribution is -0.255. The normalized spacial score (nSPS) is 12.2. The summed E-state index contributed by atoms with van der Waals surface area (Å²) in [6.45, 7) is 0. The lowest BCUT2D eigenvalue weighted by atomic mass is 10.0. The fourth-order valence-electron chi connectivity index (χ4n) is 1.29. The minimum absolute atomic E-state index is 0.106. The molecule has 0 aliphatic heterocycles. The highest BCUT2D eigenvalue weighted by molar-refractivity contribution is 6.02. The fraction of sp³-hybridized carbons (Fsp3) is 0.364. The molecule has 0 unspecified atom stereocenters. The number of halogens is 5. The van der Waals surface area contributed by atoms with Crippen LogP contribution >= 0.6 is 0 Å². The number of benzene rings is 1. The van der Waals surface area contributed by atoms with Crippen molar-refractivity contribution in [3.8, 4) is 11.5 Å². The first-order valence-electron chi connectivity index (χ1n) is 4.86. The van der Waals surface area contributed by atoms with Gasteiger partial charge in [0.2, 0.25) is 5.78 Å². The molecule has 0 bridgehead atoms. The highest BCUT2D eigenvalue weighted by atomic mass is 19.4. The van der Waals surface area contributed by atoms with Gasteiger partial charge in [0.05, 0.1) is 14.2 Å². The Morgan fingerprint density at radius 2 is 1.53 bits per heavy atom. The molecule has 0 aliphatic rings. The van der Waals surface area contributed by atoms with Gasteiger partial charge in [0.15, 0.2) is 11.5 Å². The third-order valence-corrected chi connectivity index (χ3v) is 2.29. The molecule has 0 aromatic heterocycles. The number of hydrogen-bond acceptors (Lipinski definition) is 3. The van der Waals surface area contributed by atoms with E-state index in [-0.39, 0.29) is 11.5 Å². The molecule has 0 fully saturated rings. The van der Waals surface area contributed by atoms with Gasteiger partial charge in [-0.15, -0.1) is 0 Å². The smallest absolute Gasteiger partial charge is 0.461 e. The van der Waals surface area contributed by atoms with E-state index in [4.69, 9.17) is 9.47 Å². The minimum Gasteiger partial charge on any atom is -0.493 e. The van der Waals surface area contributed by atoms with E-state index in [1.807, 2.05) is 0 Å². The van der Waals surface area contributed by atoms with Crippen molar-refractivity contribution in [1.29, 1.82) is 0 Å². The summed E-state index contributed by atoms with van der Waals surface area (Å²) in [5.74, 6) is -7.81. The van der Waals surface area contributed by atoms with Gasteiger partial charge in [0.1, 0.15) is 0 Å². The molecule has 1 rings (SSSR count). The van der Waals surface area contributed by atoms with Crippen LogP contribution in [-0.4, -0.2) is 32.1 Å². The van der Waals surface area contributed by atoms with E-state index in [1.54, 1.807) is 0 Å². The number of methoxy groups -OCH3 is 2. The molecule has 1 aromatic rings. The first kappa shape index (κ1) is 15.2. The van der Waals surface area contributed by atoms with Crippen LogP contribution in [-0.2, 0) is 0 Å². The number of ketones is 1. The lowest BCUT2D eigenvalue weighted by Gasteiger charge is -2.18. The Morgan fingerprint density at radius 3 is 1.95 bits per heavy atom. The number of rotatable bonds is 4. The molecule has 106 valence electrons. The Hall–Kier alpha value is -1.86. The zero-order valence-electron chi connectivity index (χ0n) is 9.85.